The zero-order valence-corrected chi connectivity index (χ0v) is 26.4. The maximum atomic E-state index is 14.5. The van der Waals surface area contributed by atoms with Gasteiger partial charge in [-0.05, 0) is 69.6 Å². The summed E-state index contributed by atoms with van der Waals surface area (Å²) in [6.45, 7) is 15.8. The van der Waals surface area contributed by atoms with Gasteiger partial charge >= 0.3 is 0 Å². The van der Waals surface area contributed by atoms with Gasteiger partial charge in [-0.1, -0.05) is 84.7 Å². The normalized spacial score (nSPS) is 11.8. The SMILES string of the molecule is CCCCC(C)CCC.CCCCN(C)CCC.Cc1cnc2c(-c3ccnc4ccc(Cl)c(F)c34)cnn2c1. The van der Waals surface area contributed by atoms with E-state index in [4.69, 9.17) is 11.6 Å². The second-order valence-corrected chi connectivity index (χ2v) is 11.2. The molecule has 0 fully saturated rings. The van der Waals surface area contributed by atoms with Crippen LogP contribution >= 0.6 is 11.6 Å². The van der Waals surface area contributed by atoms with Gasteiger partial charge in [0.25, 0.3) is 0 Å². The summed E-state index contributed by atoms with van der Waals surface area (Å²) in [6, 6.07) is 4.96. The second kappa shape index (κ2) is 18.0. The van der Waals surface area contributed by atoms with Crippen molar-refractivity contribution in [3.05, 3.63) is 59.4 Å². The molecule has 1 atom stereocenters. The largest absolute Gasteiger partial charge is 0.306 e. The molecule has 0 saturated heterocycles. The van der Waals surface area contributed by atoms with Crippen molar-refractivity contribution in [3.63, 3.8) is 0 Å². The first-order valence-corrected chi connectivity index (χ1v) is 15.4. The molecule has 7 heteroatoms. The lowest BCUT2D eigenvalue weighted by atomic mass is 10.00. The number of aromatic nitrogens is 4. The van der Waals surface area contributed by atoms with Gasteiger partial charge in [0.15, 0.2) is 11.5 Å². The van der Waals surface area contributed by atoms with Crippen LogP contribution in [0.15, 0.2) is 43.0 Å². The Hall–Kier alpha value is -2.57. The van der Waals surface area contributed by atoms with Gasteiger partial charge in [-0.25, -0.2) is 13.9 Å². The molecule has 5 nitrogen and oxygen atoms in total. The Morgan fingerprint density at radius 1 is 0.900 bits per heavy atom. The van der Waals surface area contributed by atoms with Crippen LogP contribution in [0.2, 0.25) is 5.02 Å². The molecule has 3 heterocycles. The third kappa shape index (κ3) is 10.1. The van der Waals surface area contributed by atoms with E-state index in [0.29, 0.717) is 22.1 Å². The van der Waals surface area contributed by atoms with Crippen LogP contribution in [0.25, 0.3) is 27.7 Å². The average molecular weight is 570 g/mol. The second-order valence-electron chi connectivity index (χ2n) is 10.8. The molecular formula is C33H49ClFN5. The molecule has 0 saturated carbocycles. The number of nitrogens with zero attached hydrogens (tertiary/aromatic N) is 5. The van der Waals surface area contributed by atoms with E-state index in [2.05, 4.69) is 61.6 Å². The Balaban J connectivity index is 0.000000260. The molecule has 0 aliphatic carbocycles. The number of halogens is 2. The van der Waals surface area contributed by atoms with Crippen molar-refractivity contribution in [2.45, 2.75) is 92.9 Å². The molecule has 1 aromatic carbocycles. The van der Waals surface area contributed by atoms with Gasteiger partial charge in [0.05, 0.1) is 16.7 Å². The predicted octanol–water partition coefficient (Wildman–Crippen LogP) is 9.79. The molecule has 0 aliphatic rings. The minimum Gasteiger partial charge on any atom is -0.306 e. The van der Waals surface area contributed by atoms with Crippen molar-refractivity contribution < 1.29 is 4.39 Å². The third-order valence-corrected chi connectivity index (χ3v) is 7.20. The zero-order valence-electron chi connectivity index (χ0n) is 25.7. The van der Waals surface area contributed by atoms with Crippen LogP contribution in [0.3, 0.4) is 0 Å². The maximum absolute atomic E-state index is 14.5. The standard InChI is InChI=1S/C16H10ClFN4.C9H20.C8H19N/c1-9-6-20-16-11(7-21-22(16)8-9)10-4-5-19-13-3-2-12(17)15(18)14(10)13;2*1-4-6-8-9(3)7-5-2/h2-8H,1H3;9H,4-8H2,1-3H3;4-8H2,1-3H3. The summed E-state index contributed by atoms with van der Waals surface area (Å²) in [7, 11) is 2.19. The molecule has 0 N–H and O–H groups in total. The number of hydrogen-bond donors (Lipinski definition) is 0. The van der Waals surface area contributed by atoms with Crippen LogP contribution in [-0.2, 0) is 0 Å². The topological polar surface area (TPSA) is 46.3 Å². The third-order valence-electron chi connectivity index (χ3n) is 6.90. The van der Waals surface area contributed by atoms with Crippen LogP contribution in [-0.4, -0.2) is 44.6 Å². The lowest BCUT2D eigenvalue weighted by molar-refractivity contribution is 0.329. The fourth-order valence-electron chi connectivity index (χ4n) is 4.67. The highest BCUT2D eigenvalue weighted by Gasteiger charge is 2.16. The fourth-order valence-corrected chi connectivity index (χ4v) is 4.83. The van der Waals surface area contributed by atoms with E-state index in [9.17, 15) is 4.39 Å². The maximum Gasteiger partial charge on any atom is 0.162 e. The Kier molecular flexibility index (Phi) is 15.1. The van der Waals surface area contributed by atoms with E-state index < -0.39 is 5.82 Å². The summed E-state index contributed by atoms with van der Waals surface area (Å²) in [5.74, 6) is 0.490. The molecule has 0 aliphatic heterocycles. The predicted molar refractivity (Wildman–Crippen MR) is 170 cm³/mol. The number of rotatable bonds is 11. The first-order chi connectivity index (χ1) is 19.3. The van der Waals surface area contributed by atoms with Gasteiger partial charge in [-0.15, -0.1) is 0 Å². The van der Waals surface area contributed by atoms with Crippen LogP contribution in [0.5, 0.6) is 0 Å². The Bertz CT molecular complexity index is 1270. The molecule has 1 unspecified atom stereocenters. The molecule has 0 spiro atoms. The van der Waals surface area contributed by atoms with Crippen molar-refractivity contribution in [1.82, 2.24) is 24.5 Å². The number of benzene rings is 1. The summed E-state index contributed by atoms with van der Waals surface area (Å²) in [5, 5.41) is 4.75. The molecule has 4 rings (SSSR count). The molecule has 4 aromatic rings. The molecule has 0 radical (unpaired) electrons. The summed E-state index contributed by atoms with van der Waals surface area (Å²) >= 11 is 5.92. The smallest absolute Gasteiger partial charge is 0.162 e. The van der Waals surface area contributed by atoms with Gasteiger partial charge in [0.1, 0.15) is 0 Å². The minimum atomic E-state index is -0.478. The molecule has 0 bridgehead atoms. The lowest BCUT2D eigenvalue weighted by Crippen LogP contribution is -2.19. The van der Waals surface area contributed by atoms with Crippen LogP contribution in [0, 0.1) is 18.7 Å². The average Bonchev–Trinajstić information content (AvgIpc) is 3.36. The molecule has 3 aromatic heterocycles. The summed E-state index contributed by atoms with van der Waals surface area (Å²) in [5.41, 5.74) is 3.63. The molecule has 40 heavy (non-hydrogen) atoms. The molecule has 220 valence electrons. The number of fused-ring (bicyclic) bond motifs is 2. The van der Waals surface area contributed by atoms with E-state index >= 15 is 0 Å². The van der Waals surface area contributed by atoms with Gasteiger partial charge in [-0.3, -0.25) is 4.98 Å². The molecule has 0 amide bonds. The van der Waals surface area contributed by atoms with Crippen molar-refractivity contribution in [3.8, 4) is 11.1 Å². The summed E-state index contributed by atoms with van der Waals surface area (Å²) in [6.07, 6.45) is 17.9. The summed E-state index contributed by atoms with van der Waals surface area (Å²) in [4.78, 5) is 11.0. The highest BCUT2D eigenvalue weighted by atomic mass is 35.5. The Labute approximate surface area is 246 Å². The van der Waals surface area contributed by atoms with Crippen LogP contribution in [0.1, 0.15) is 91.5 Å². The summed E-state index contributed by atoms with van der Waals surface area (Å²) < 4.78 is 16.2. The van der Waals surface area contributed by atoms with Crippen molar-refractivity contribution in [2.24, 2.45) is 5.92 Å². The van der Waals surface area contributed by atoms with E-state index in [1.54, 1.807) is 35.2 Å². The lowest BCUT2D eigenvalue weighted by Gasteiger charge is -2.13. The van der Waals surface area contributed by atoms with Crippen molar-refractivity contribution >= 4 is 28.2 Å². The van der Waals surface area contributed by atoms with Crippen molar-refractivity contribution in [2.75, 3.05) is 20.1 Å². The fraction of sp³-hybridized carbons (Fsp3) is 0.545. The van der Waals surface area contributed by atoms with E-state index in [-0.39, 0.29) is 5.02 Å². The van der Waals surface area contributed by atoms with E-state index in [1.165, 1.54) is 70.5 Å². The van der Waals surface area contributed by atoms with E-state index in [0.717, 1.165) is 17.0 Å². The van der Waals surface area contributed by atoms with Gasteiger partial charge < -0.3 is 4.90 Å². The van der Waals surface area contributed by atoms with E-state index in [1.807, 2.05) is 13.1 Å². The van der Waals surface area contributed by atoms with Crippen LogP contribution in [0.4, 0.5) is 4.39 Å². The number of aryl methyl sites for hydroxylation is 1. The van der Waals surface area contributed by atoms with Gasteiger partial charge in [-0.2, -0.15) is 5.10 Å². The Morgan fingerprint density at radius 2 is 1.65 bits per heavy atom. The quantitative estimate of drug-likeness (QED) is 0.180. The zero-order chi connectivity index (χ0) is 29.5. The highest BCUT2D eigenvalue weighted by molar-refractivity contribution is 6.31. The monoisotopic (exact) mass is 569 g/mol. The molecular weight excluding hydrogens is 521 g/mol. The van der Waals surface area contributed by atoms with Gasteiger partial charge in [0, 0.05) is 35.1 Å². The first-order valence-electron chi connectivity index (χ1n) is 15.0. The minimum absolute atomic E-state index is 0.0713. The number of unbranched alkanes of at least 4 members (excludes halogenated alkanes) is 2. The van der Waals surface area contributed by atoms with Crippen molar-refractivity contribution in [1.29, 1.82) is 0 Å². The van der Waals surface area contributed by atoms with Gasteiger partial charge in [0.2, 0.25) is 0 Å². The number of pyridine rings is 1. The Morgan fingerprint density at radius 3 is 2.33 bits per heavy atom. The first kappa shape index (κ1) is 33.6. The highest BCUT2D eigenvalue weighted by Crippen LogP contribution is 2.34. The van der Waals surface area contributed by atoms with Crippen LogP contribution < -0.4 is 0 Å². The number of hydrogen-bond acceptors (Lipinski definition) is 4.